The molecule has 34 heavy (non-hydrogen) atoms. The fourth-order valence-electron chi connectivity index (χ4n) is 3.97. The molecule has 0 spiro atoms. The van der Waals surface area contributed by atoms with Gasteiger partial charge in [0.2, 0.25) is 5.91 Å². The molecular weight excluding hydrogens is 432 g/mol. The number of pyridine rings is 1. The van der Waals surface area contributed by atoms with E-state index in [0.29, 0.717) is 31.8 Å². The predicted octanol–water partition coefficient (Wildman–Crippen LogP) is 3.49. The van der Waals surface area contributed by atoms with Gasteiger partial charge in [-0.2, -0.15) is 0 Å². The summed E-state index contributed by atoms with van der Waals surface area (Å²) in [6.07, 6.45) is 3.28. The number of aliphatic hydroxyl groups excluding tert-OH is 1. The van der Waals surface area contributed by atoms with Crippen LogP contribution in [0.2, 0.25) is 0 Å². The molecule has 1 aliphatic rings. The van der Waals surface area contributed by atoms with E-state index in [1.807, 2.05) is 48.5 Å². The average Bonchev–Trinajstić information content (AvgIpc) is 2.81. The van der Waals surface area contributed by atoms with E-state index in [2.05, 4.69) is 4.98 Å². The van der Waals surface area contributed by atoms with Crippen molar-refractivity contribution < 1.29 is 19.4 Å². The first-order valence-corrected chi connectivity index (χ1v) is 11.4. The highest BCUT2D eigenvalue weighted by Crippen LogP contribution is 2.26. The highest BCUT2D eigenvalue weighted by Gasteiger charge is 2.25. The molecule has 1 aromatic heterocycles. The first kappa shape index (κ1) is 23.7. The fourth-order valence-corrected chi connectivity index (χ4v) is 3.97. The molecule has 0 aliphatic carbocycles. The van der Waals surface area contributed by atoms with Crippen LogP contribution in [0, 0.1) is 0 Å². The number of nitrogens with zero attached hydrogens (tertiary/aromatic N) is 3. The number of ether oxygens (including phenoxy) is 2. The molecule has 1 unspecified atom stereocenters. The van der Waals surface area contributed by atoms with Crippen molar-refractivity contribution in [3.63, 3.8) is 0 Å². The lowest BCUT2D eigenvalue weighted by atomic mass is 10.0. The molecule has 1 amide bonds. The average molecular weight is 463 g/mol. The topological polar surface area (TPSA) is 110 Å². The number of aromatic nitrogens is 1. The second-order valence-corrected chi connectivity index (χ2v) is 8.24. The zero-order valence-electron chi connectivity index (χ0n) is 19.3. The Morgan fingerprint density at radius 2 is 2.03 bits per heavy atom. The van der Waals surface area contributed by atoms with Crippen LogP contribution in [-0.2, 0) is 16.1 Å². The maximum Gasteiger partial charge on any atom is 0.223 e. The normalized spacial score (nSPS) is 15.7. The Morgan fingerprint density at radius 1 is 1.24 bits per heavy atom. The third-order valence-corrected chi connectivity index (χ3v) is 5.97. The summed E-state index contributed by atoms with van der Waals surface area (Å²) in [6, 6.07) is 15.3. The van der Waals surface area contributed by atoms with Gasteiger partial charge in [0.15, 0.2) is 0 Å². The number of fused-ring (bicyclic) bond motifs is 1. The van der Waals surface area contributed by atoms with E-state index < -0.39 is 0 Å². The monoisotopic (exact) mass is 462 g/mol. The van der Waals surface area contributed by atoms with Gasteiger partial charge in [-0.05, 0) is 53.8 Å². The Bertz CT molecular complexity index is 1160. The standard InChI is InChI=1S/C26H30N4O4/c1-33-21-5-2-18(3-6-21)17-30(13-14-31)25(32)9-8-23(24-11-15-34-24)29-20-4-7-22-19(16-20)10-12-28-26(22)27/h2-7,10,12,16,24,31H,8-9,11,13-15,17H2,1H3,(H2,27,28). The third kappa shape index (κ3) is 5.70. The van der Waals surface area contributed by atoms with Gasteiger partial charge < -0.3 is 25.2 Å². The molecule has 1 atom stereocenters. The lowest BCUT2D eigenvalue weighted by molar-refractivity contribution is -0.132. The van der Waals surface area contributed by atoms with Crippen molar-refractivity contribution in [2.45, 2.75) is 31.9 Å². The molecule has 0 radical (unpaired) electrons. The second-order valence-electron chi connectivity index (χ2n) is 8.24. The summed E-state index contributed by atoms with van der Waals surface area (Å²) in [4.78, 5) is 23.7. The smallest absolute Gasteiger partial charge is 0.223 e. The number of carbonyl (C=O) groups excluding carboxylic acids is 1. The summed E-state index contributed by atoms with van der Waals surface area (Å²) in [5.41, 5.74) is 8.58. The molecule has 1 aliphatic heterocycles. The Kier molecular flexibility index (Phi) is 7.72. The third-order valence-electron chi connectivity index (χ3n) is 5.97. The zero-order valence-corrected chi connectivity index (χ0v) is 19.3. The summed E-state index contributed by atoms with van der Waals surface area (Å²) in [5.74, 6) is 1.22. The number of nitrogens with two attached hydrogens (primary N) is 1. The van der Waals surface area contributed by atoms with Crippen LogP contribution in [0.25, 0.3) is 10.8 Å². The van der Waals surface area contributed by atoms with Crippen molar-refractivity contribution in [2.75, 3.05) is 32.6 Å². The quantitative estimate of drug-likeness (QED) is 0.446. The van der Waals surface area contributed by atoms with Gasteiger partial charge in [-0.15, -0.1) is 0 Å². The molecular formula is C26H30N4O4. The molecule has 0 bridgehead atoms. The predicted molar refractivity (Wildman–Crippen MR) is 132 cm³/mol. The van der Waals surface area contributed by atoms with Crippen molar-refractivity contribution >= 4 is 33.9 Å². The van der Waals surface area contributed by atoms with E-state index in [1.54, 1.807) is 18.2 Å². The highest BCUT2D eigenvalue weighted by atomic mass is 16.5. The van der Waals surface area contributed by atoms with Crippen LogP contribution in [0.3, 0.4) is 0 Å². The fraction of sp³-hybridized carbons (Fsp3) is 0.346. The van der Waals surface area contributed by atoms with Crippen LogP contribution in [0.15, 0.2) is 59.7 Å². The van der Waals surface area contributed by atoms with Gasteiger partial charge in [0.05, 0.1) is 32.1 Å². The number of hydrogen-bond acceptors (Lipinski definition) is 7. The minimum atomic E-state index is -0.0936. The molecule has 2 heterocycles. The molecule has 3 N–H and O–H groups in total. The van der Waals surface area contributed by atoms with E-state index in [4.69, 9.17) is 20.2 Å². The highest BCUT2D eigenvalue weighted by molar-refractivity contribution is 5.96. The number of nitrogen functional groups attached to an aromatic ring is 1. The molecule has 1 saturated heterocycles. The number of aliphatic hydroxyl groups is 1. The van der Waals surface area contributed by atoms with Crippen LogP contribution in [0.5, 0.6) is 5.75 Å². The van der Waals surface area contributed by atoms with Gasteiger partial charge in [-0.25, -0.2) is 4.98 Å². The zero-order chi connectivity index (χ0) is 23.9. The number of anilines is 1. The largest absolute Gasteiger partial charge is 0.497 e. The van der Waals surface area contributed by atoms with Crippen molar-refractivity contribution in [3.8, 4) is 5.75 Å². The number of hydrogen-bond donors (Lipinski definition) is 2. The Morgan fingerprint density at radius 3 is 2.71 bits per heavy atom. The van der Waals surface area contributed by atoms with Gasteiger partial charge in [-0.3, -0.25) is 9.79 Å². The van der Waals surface area contributed by atoms with Gasteiger partial charge >= 0.3 is 0 Å². The molecule has 4 rings (SSSR count). The SMILES string of the molecule is COc1ccc(CN(CCO)C(=O)CCC(=Nc2ccc3c(N)nccc3c2)C2CCO2)cc1. The summed E-state index contributed by atoms with van der Waals surface area (Å²) < 4.78 is 10.9. The van der Waals surface area contributed by atoms with Crippen LogP contribution in [0.1, 0.15) is 24.8 Å². The maximum absolute atomic E-state index is 13.0. The summed E-state index contributed by atoms with van der Waals surface area (Å²) in [7, 11) is 1.62. The lowest BCUT2D eigenvalue weighted by Gasteiger charge is -2.29. The van der Waals surface area contributed by atoms with E-state index >= 15 is 0 Å². The maximum atomic E-state index is 13.0. The number of benzene rings is 2. The Labute approximate surface area is 199 Å². The molecule has 178 valence electrons. The minimum Gasteiger partial charge on any atom is -0.497 e. The van der Waals surface area contributed by atoms with Gasteiger partial charge in [0.25, 0.3) is 0 Å². The number of amides is 1. The Hall–Kier alpha value is -3.49. The lowest BCUT2D eigenvalue weighted by Crippen LogP contribution is -2.37. The summed E-state index contributed by atoms with van der Waals surface area (Å²) in [6.45, 7) is 1.31. The van der Waals surface area contributed by atoms with Gasteiger partial charge in [-0.1, -0.05) is 12.1 Å². The summed E-state index contributed by atoms with van der Waals surface area (Å²) in [5, 5.41) is 11.3. The van der Waals surface area contributed by atoms with Crippen LogP contribution < -0.4 is 10.5 Å². The van der Waals surface area contributed by atoms with Crippen LogP contribution in [0.4, 0.5) is 11.5 Å². The van der Waals surface area contributed by atoms with Crippen molar-refractivity contribution in [1.29, 1.82) is 0 Å². The van der Waals surface area contributed by atoms with Crippen LogP contribution >= 0.6 is 0 Å². The molecule has 1 fully saturated rings. The van der Waals surface area contributed by atoms with Gasteiger partial charge in [0, 0.05) is 43.2 Å². The molecule has 8 nitrogen and oxygen atoms in total. The van der Waals surface area contributed by atoms with E-state index in [0.717, 1.165) is 39.9 Å². The van der Waals surface area contributed by atoms with Crippen molar-refractivity contribution in [2.24, 2.45) is 4.99 Å². The number of aliphatic imine (C=N–C) groups is 1. The molecule has 8 heteroatoms. The first-order valence-electron chi connectivity index (χ1n) is 11.4. The number of rotatable bonds is 10. The van der Waals surface area contributed by atoms with E-state index in [-0.39, 0.29) is 25.2 Å². The molecule has 2 aromatic carbocycles. The first-order chi connectivity index (χ1) is 16.6. The summed E-state index contributed by atoms with van der Waals surface area (Å²) >= 11 is 0. The minimum absolute atomic E-state index is 0.0331. The van der Waals surface area contributed by atoms with Gasteiger partial charge in [0.1, 0.15) is 11.6 Å². The molecule has 0 saturated carbocycles. The van der Waals surface area contributed by atoms with Crippen molar-refractivity contribution in [3.05, 3.63) is 60.3 Å². The van der Waals surface area contributed by atoms with E-state index in [1.165, 1.54) is 0 Å². The number of methoxy groups -OCH3 is 1. The van der Waals surface area contributed by atoms with E-state index in [9.17, 15) is 9.90 Å². The van der Waals surface area contributed by atoms with Crippen LogP contribution in [-0.4, -0.2) is 59.6 Å². The Balaban J connectivity index is 1.46. The molecule has 3 aromatic rings. The number of carbonyl (C=O) groups is 1. The van der Waals surface area contributed by atoms with Crippen molar-refractivity contribution in [1.82, 2.24) is 9.88 Å². The second kappa shape index (κ2) is 11.1.